The van der Waals surface area contributed by atoms with Crippen molar-refractivity contribution in [2.75, 3.05) is 6.61 Å². The summed E-state index contributed by atoms with van der Waals surface area (Å²) in [5.74, 6) is 0.0890. The summed E-state index contributed by atoms with van der Waals surface area (Å²) in [7, 11) is 0. The van der Waals surface area contributed by atoms with Gasteiger partial charge in [0.25, 0.3) is 0 Å². The molecule has 138 valence electrons. The third-order valence-corrected chi connectivity index (χ3v) is 5.13. The fourth-order valence-corrected chi connectivity index (χ4v) is 3.67. The van der Waals surface area contributed by atoms with E-state index < -0.39 is 5.79 Å². The first-order valence-electron chi connectivity index (χ1n) is 9.37. The largest absolute Gasteiger partial charge is 0.455 e. The minimum atomic E-state index is -0.988. The van der Waals surface area contributed by atoms with Gasteiger partial charge in [0.05, 0.1) is 12.7 Å². The van der Waals surface area contributed by atoms with Gasteiger partial charge in [0.15, 0.2) is 5.76 Å². The van der Waals surface area contributed by atoms with Crippen molar-refractivity contribution in [3.8, 4) is 0 Å². The second-order valence-electron chi connectivity index (χ2n) is 6.92. The molecule has 0 bridgehead atoms. The summed E-state index contributed by atoms with van der Waals surface area (Å²) in [6.45, 7) is 5.42. The molecule has 0 spiro atoms. The van der Waals surface area contributed by atoms with E-state index in [9.17, 15) is 0 Å². The zero-order valence-electron chi connectivity index (χ0n) is 15.3. The molecule has 6 nitrogen and oxygen atoms in total. The van der Waals surface area contributed by atoms with Crippen molar-refractivity contribution in [2.24, 2.45) is 5.92 Å². The highest BCUT2D eigenvalue weighted by molar-refractivity contribution is 5.77. The predicted octanol–water partition coefficient (Wildman–Crippen LogP) is 4.12. The molecule has 1 fully saturated rings. The van der Waals surface area contributed by atoms with Crippen molar-refractivity contribution in [3.63, 3.8) is 0 Å². The molecule has 1 aromatic carbocycles. The third-order valence-electron chi connectivity index (χ3n) is 5.13. The highest BCUT2D eigenvalue weighted by Gasteiger charge is 2.46. The molecule has 0 amide bonds. The minimum Gasteiger partial charge on any atom is -0.455 e. The lowest BCUT2D eigenvalue weighted by atomic mass is 9.94. The predicted molar refractivity (Wildman–Crippen MR) is 97.4 cm³/mol. The Morgan fingerprint density at radius 2 is 2.15 bits per heavy atom. The van der Waals surface area contributed by atoms with Crippen LogP contribution in [0.2, 0.25) is 0 Å². The summed E-state index contributed by atoms with van der Waals surface area (Å²) in [6.07, 6.45) is 6.44. The molecule has 6 heteroatoms. The third kappa shape index (κ3) is 3.15. The maximum Gasteiger partial charge on any atom is 0.249 e. The van der Waals surface area contributed by atoms with E-state index in [2.05, 4.69) is 23.9 Å². The van der Waals surface area contributed by atoms with Gasteiger partial charge in [0, 0.05) is 11.3 Å². The van der Waals surface area contributed by atoms with E-state index in [0.717, 1.165) is 30.2 Å². The molecule has 0 saturated carbocycles. The van der Waals surface area contributed by atoms with E-state index in [1.807, 2.05) is 30.3 Å². The van der Waals surface area contributed by atoms with Crippen LogP contribution in [0.25, 0.3) is 11.0 Å². The SMILES string of the molecule is CCCC1OC(Cn2cncn2)(c2cc3ccccc3o2)OCC1CC. The Labute approximate surface area is 153 Å². The zero-order chi connectivity index (χ0) is 18.0. The molecule has 3 heterocycles. The quantitative estimate of drug-likeness (QED) is 0.665. The van der Waals surface area contributed by atoms with Crippen LogP contribution in [-0.4, -0.2) is 27.5 Å². The lowest BCUT2D eigenvalue weighted by molar-refractivity contribution is -0.335. The summed E-state index contributed by atoms with van der Waals surface area (Å²) < 4.78 is 20.8. The highest BCUT2D eigenvalue weighted by atomic mass is 16.7. The van der Waals surface area contributed by atoms with E-state index in [0.29, 0.717) is 24.8 Å². The van der Waals surface area contributed by atoms with Crippen molar-refractivity contribution in [1.82, 2.24) is 14.8 Å². The first kappa shape index (κ1) is 17.2. The molecule has 0 radical (unpaired) electrons. The van der Waals surface area contributed by atoms with Crippen LogP contribution < -0.4 is 0 Å². The molecule has 1 aliphatic heterocycles. The van der Waals surface area contributed by atoms with Gasteiger partial charge in [0.1, 0.15) is 24.8 Å². The molecule has 3 unspecified atom stereocenters. The minimum absolute atomic E-state index is 0.135. The van der Waals surface area contributed by atoms with Crippen LogP contribution >= 0.6 is 0 Å². The molecule has 0 aliphatic carbocycles. The van der Waals surface area contributed by atoms with E-state index >= 15 is 0 Å². The summed E-state index contributed by atoms with van der Waals surface area (Å²) in [6, 6.07) is 9.98. The summed E-state index contributed by atoms with van der Waals surface area (Å²) >= 11 is 0. The molecule has 3 aromatic rings. The molecule has 2 aromatic heterocycles. The van der Waals surface area contributed by atoms with Gasteiger partial charge in [-0.15, -0.1) is 0 Å². The number of nitrogens with zero attached hydrogens (tertiary/aromatic N) is 3. The standard InChI is InChI=1S/C20H25N3O3/c1-3-7-18-15(4-2)11-24-20(26-18,12-23-14-21-13-22-23)19-10-16-8-5-6-9-17(16)25-19/h5-6,8-10,13-15,18H,3-4,7,11-12H2,1-2H3. The zero-order valence-corrected chi connectivity index (χ0v) is 15.3. The fraction of sp³-hybridized carbons (Fsp3) is 0.500. The Kier molecular flexibility index (Phi) is 4.78. The van der Waals surface area contributed by atoms with Gasteiger partial charge in [-0.1, -0.05) is 38.5 Å². The Morgan fingerprint density at radius 3 is 2.88 bits per heavy atom. The van der Waals surface area contributed by atoms with Crippen molar-refractivity contribution in [3.05, 3.63) is 48.7 Å². The van der Waals surface area contributed by atoms with E-state index in [1.54, 1.807) is 11.0 Å². The number of para-hydroxylation sites is 1. The topological polar surface area (TPSA) is 62.3 Å². The van der Waals surface area contributed by atoms with Crippen molar-refractivity contribution < 1.29 is 13.9 Å². The average molecular weight is 355 g/mol. The van der Waals surface area contributed by atoms with Crippen LogP contribution in [0.5, 0.6) is 0 Å². The Bertz CT molecular complexity index is 812. The van der Waals surface area contributed by atoms with Gasteiger partial charge in [-0.2, -0.15) is 5.10 Å². The fourth-order valence-electron chi connectivity index (χ4n) is 3.67. The summed E-state index contributed by atoms with van der Waals surface area (Å²) in [5, 5.41) is 5.29. The highest BCUT2D eigenvalue weighted by Crippen LogP contribution is 2.41. The second-order valence-corrected chi connectivity index (χ2v) is 6.92. The molecule has 1 aliphatic rings. The number of hydrogen-bond acceptors (Lipinski definition) is 5. The van der Waals surface area contributed by atoms with Gasteiger partial charge >= 0.3 is 0 Å². The lowest BCUT2D eigenvalue weighted by Crippen LogP contribution is -2.49. The monoisotopic (exact) mass is 355 g/mol. The molecule has 26 heavy (non-hydrogen) atoms. The second kappa shape index (κ2) is 7.21. The van der Waals surface area contributed by atoms with Gasteiger partial charge < -0.3 is 13.9 Å². The molecule has 3 atom stereocenters. The van der Waals surface area contributed by atoms with Crippen LogP contribution in [0, 0.1) is 5.92 Å². The van der Waals surface area contributed by atoms with Crippen LogP contribution in [0.15, 0.2) is 47.4 Å². The molecule has 4 rings (SSSR count). The van der Waals surface area contributed by atoms with Crippen molar-refractivity contribution >= 4 is 11.0 Å². The number of aromatic nitrogens is 3. The lowest BCUT2D eigenvalue weighted by Gasteiger charge is -2.43. The van der Waals surface area contributed by atoms with E-state index in [1.165, 1.54) is 6.33 Å². The number of rotatable bonds is 6. The van der Waals surface area contributed by atoms with Gasteiger partial charge in [0.2, 0.25) is 5.79 Å². The first-order chi connectivity index (χ1) is 12.7. The van der Waals surface area contributed by atoms with Crippen molar-refractivity contribution in [2.45, 2.75) is 51.5 Å². The van der Waals surface area contributed by atoms with E-state index in [-0.39, 0.29) is 6.10 Å². The van der Waals surface area contributed by atoms with Crippen LogP contribution in [-0.2, 0) is 21.8 Å². The van der Waals surface area contributed by atoms with E-state index in [4.69, 9.17) is 13.9 Å². The Hall–Kier alpha value is -2.18. The molecular formula is C20H25N3O3. The smallest absolute Gasteiger partial charge is 0.249 e. The van der Waals surface area contributed by atoms with Crippen molar-refractivity contribution in [1.29, 1.82) is 0 Å². The number of benzene rings is 1. The number of fused-ring (bicyclic) bond motifs is 1. The maximum absolute atomic E-state index is 6.60. The number of hydrogen-bond donors (Lipinski definition) is 0. The van der Waals surface area contributed by atoms with Crippen LogP contribution in [0.3, 0.4) is 0 Å². The first-order valence-corrected chi connectivity index (χ1v) is 9.37. The Balaban J connectivity index is 1.74. The summed E-state index contributed by atoms with van der Waals surface area (Å²) in [5.41, 5.74) is 0.831. The summed E-state index contributed by atoms with van der Waals surface area (Å²) in [4.78, 5) is 4.05. The van der Waals surface area contributed by atoms with Crippen LogP contribution in [0.1, 0.15) is 38.9 Å². The molecule has 1 saturated heterocycles. The normalized spacial score (nSPS) is 26.4. The molecular weight excluding hydrogens is 330 g/mol. The van der Waals surface area contributed by atoms with Gasteiger partial charge in [-0.25, -0.2) is 9.67 Å². The van der Waals surface area contributed by atoms with Gasteiger partial charge in [-0.3, -0.25) is 0 Å². The number of furan rings is 1. The van der Waals surface area contributed by atoms with Crippen LogP contribution in [0.4, 0.5) is 0 Å². The maximum atomic E-state index is 6.60. The average Bonchev–Trinajstić information content (AvgIpc) is 3.31. The Morgan fingerprint density at radius 1 is 1.27 bits per heavy atom. The number of ether oxygens (including phenoxy) is 2. The van der Waals surface area contributed by atoms with Gasteiger partial charge in [-0.05, 0) is 25.0 Å². The molecule has 0 N–H and O–H groups in total.